The molecule has 14 heavy (non-hydrogen) atoms. The highest BCUT2D eigenvalue weighted by Gasteiger charge is 2.02. The summed E-state index contributed by atoms with van der Waals surface area (Å²) in [6, 6.07) is 13.3. The van der Waals surface area contributed by atoms with Crippen molar-refractivity contribution in [3.05, 3.63) is 53.7 Å². The van der Waals surface area contributed by atoms with E-state index in [9.17, 15) is 0 Å². The third-order valence-corrected chi connectivity index (χ3v) is 2.25. The Morgan fingerprint density at radius 3 is 2.79 bits per heavy atom. The zero-order valence-corrected chi connectivity index (χ0v) is 8.41. The Balaban J connectivity index is 2.57. The van der Waals surface area contributed by atoms with Gasteiger partial charge < -0.3 is 0 Å². The van der Waals surface area contributed by atoms with E-state index in [1.54, 1.807) is 6.20 Å². The largest absolute Gasteiger partial charge is 0.256 e. The zero-order valence-electron chi connectivity index (χ0n) is 8.41. The van der Waals surface area contributed by atoms with Crippen molar-refractivity contribution in [3.63, 3.8) is 0 Å². The van der Waals surface area contributed by atoms with Crippen LogP contribution in [0.25, 0.3) is 11.3 Å². The van der Waals surface area contributed by atoms with Crippen LogP contribution < -0.4 is 0 Å². The van der Waals surface area contributed by atoms with E-state index in [4.69, 9.17) is 0 Å². The third kappa shape index (κ3) is 1.67. The minimum atomic E-state index is 0.925. The summed E-state index contributed by atoms with van der Waals surface area (Å²) in [5.74, 6) is 0. The highest BCUT2D eigenvalue weighted by molar-refractivity contribution is 5.63. The molecule has 0 aliphatic rings. The molecular formula is C13H12N. The highest BCUT2D eigenvalue weighted by Crippen LogP contribution is 2.21. The lowest BCUT2D eigenvalue weighted by Gasteiger charge is -2.05. The number of pyridine rings is 1. The molecule has 0 amide bonds. The number of nitrogens with zero attached hydrogens (tertiary/aromatic N) is 1. The van der Waals surface area contributed by atoms with Crippen molar-refractivity contribution in [3.8, 4) is 11.3 Å². The SMILES string of the molecule is Cc1ccc(C)c(-c2[c]cccn2)c1. The predicted molar refractivity (Wildman–Crippen MR) is 58.0 cm³/mol. The van der Waals surface area contributed by atoms with Gasteiger partial charge in [-0.15, -0.1) is 0 Å². The fourth-order valence-corrected chi connectivity index (χ4v) is 1.46. The van der Waals surface area contributed by atoms with Gasteiger partial charge in [-0.2, -0.15) is 0 Å². The summed E-state index contributed by atoms with van der Waals surface area (Å²) in [5, 5.41) is 0. The minimum absolute atomic E-state index is 0.925. The molecule has 1 heterocycles. The van der Waals surface area contributed by atoms with Gasteiger partial charge in [0.05, 0.1) is 5.69 Å². The molecule has 2 rings (SSSR count). The lowest BCUT2D eigenvalue weighted by molar-refractivity contribution is 1.29. The van der Waals surface area contributed by atoms with Crippen molar-refractivity contribution in [2.45, 2.75) is 13.8 Å². The van der Waals surface area contributed by atoms with Crippen LogP contribution in [-0.2, 0) is 0 Å². The van der Waals surface area contributed by atoms with Crippen molar-refractivity contribution in [2.24, 2.45) is 0 Å². The average Bonchev–Trinajstić information content (AvgIpc) is 2.23. The van der Waals surface area contributed by atoms with Crippen LogP contribution in [0.15, 0.2) is 36.5 Å². The third-order valence-electron chi connectivity index (χ3n) is 2.25. The summed E-state index contributed by atoms with van der Waals surface area (Å²) in [4.78, 5) is 4.30. The number of rotatable bonds is 1. The van der Waals surface area contributed by atoms with Gasteiger partial charge in [0, 0.05) is 17.8 Å². The predicted octanol–water partition coefficient (Wildman–Crippen LogP) is 3.17. The topological polar surface area (TPSA) is 12.9 Å². The first kappa shape index (κ1) is 8.95. The Bertz CT molecular complexity index is 432. The van der Waals surface area contributed by atoms with Crippen LogP contribution in [0, 0.1) is 19.9 Å². The maximum Gasteiger partial charge on any atom is 0.0783 e. The molecule has 0 fully saturated rings. The smallest absolute Gasteiger partial charge is 0.0783 e. The second-order valence-electron chi connectivity index (χ2n) is 3.45. The van der Waals surface area contributed by atoms with E-state index in [0.29, 0.717) is 0 Å². The van der Waals surface area contributed by atoms with E-state index < -0.39 is 0 Å². The number of hydrogen-bond donors (Lipinski definition) is 0. The normalized spacial score (nSPS) is 10.1. The molecule has 1 aromatic heterocycles. The van der Waals surface area contributed by atoms with Crippen LogP contribution in [0.3, 0.4) is 0 Å². The summed E-state index contributed by atoms with van der Waals surface area (Å²) < 4.78 is 0. The molecule has 1 nitrogen and oxygen atoms in total. The summed E-state index contributed by atoms with van der Waals surface area (Å²) in [5.41, 5.74) is 4.59. The Morgan fingerprint density at radius 2 is 2.07 bits per heavy atom. The Morgan fingerprint density at radius 1 is 1.21 bits per heavy atom. The van der Waals surface area contributed by atoms with Gasteiger partial charge in [-0.1, -0.05) is 23.8 Å². The first-order valence-corrected chi connectivity index (χ1v) is 4.68. The van der Waals surface area contributed by atoms with Gasteiger partial charge in [-0.3, -0.25) is 4.98 Å². The number of aromatic nitrogens is 1. The second kappa shape index (κ2) is 3.62. The van der Waals surface area contributed by atoms with Crippen molar-refractivity contribution in [2.75, 3.05) is 0 Å². The monoisotopic (exact) mass is 182 g/mol. The van der Waals surface area contributed by atoms with Gasteiger partial charge in [-0.05, 0) is 31.5 Å². The average molecular weight is 182 g/mol. The van der Waals surface area contributed by atoms with Crippen molar-refractivity contribution >= 4 is 0 Å². The molecule has 1 aromatic carbocycles. The van der Waals surface area contributed by atoms with E-state index in [2.05, 4.69) is 43.1 Å². The first-order chi connectivity index (χ1) is 6.77. The lowest BCUT2D eigenvalue weighted by atomic mass is 10.0. The highest BCUT2D eigenvalue weighted by atomic mass is 14.7. The van der Waals surface area contributed by atoms with E-state index in [0.717, 1.165) is 5.69 Å². The van der Waals surface area contributed by atoms with E-state index in [1.165, 1.54) is 16.7 Å². The molecule has 0 aliphatic heterocycles. The van der Waals surface area contributed by atoms with Gasteiger partial charge in [0.15, 0.2) is 0 Å². The van der Waals surface area contributed by atoms with Crippen molar-refractivity contribution < 1.29 is 0 Å². The second-order valence-corrected chi connectivity index (χ2v) is 3.45. The fraction of sp³-hybridized carbons (Fsp3) is 0.154. The summed E-state index contributed by atoms with van der Waals surface area (Å²) in [7, 11) is 0. The Hall–Kier alpha value is -1.63. The Labute approximate surface area is 84.4 Å². The van der Waals surface area contributed by atoms with Crippen molar-refractivity contribution in [1.29, 1.82) is 0 Å². The van der Waals surface area contributed by atoms with Gasteiger partial charge >= 0.3 is 0 Å². The van der Waals surface area contributed by atoms with Crippen LogP contribution in [0.2, 0.25) is 0 Å². The van der Waals surface area contributed by atoms with Crippen LogP contribution in [-0.4, -0.2) is 4.98 Å². The Kier molecular flexibility index (Phi) is 2.32. The maximum absolute atomic E-state index is 4.30. The van der Waals surface area contributed by atoms with Crippen LogP contribution in [0.1, 0.15) is 11.1 Å². The molecule has 1 radical (unpaired) electrons. The number of benzene rings is 1. The van der Waals surface area contributed by atoms with E-state index in [1.807, 2.05) is 12.1 Å². The molecule has 69 valence electrons. The molecule has 1 heteroatoms. The minimum Gasteiger partial charge on any atom is -0.256 e. The standard InChI is InChI=1S/C13H12N/c1-10-6-7-11(2)12(9-10)13-5-3-4-8-14-13/h3-4,6-9H,1-2H3. The molecule has 0 N–H and O–H groups in total. The fourth-order valence-electron chi connectivity index (χ4n) is 1.46. The molecule has 0 atom stereocenters. The van der Waals surface area contributed by atoms with Crippen molar-refractivity contribution in [1.82, 2.24) is 4.98 Å². The molecule has 2 aromatic rings. The molecule has 0 bridgehead atoms. The lowest BCUT2D eigenvalue weighted by Crippen LogP contribution is -1.87. The molecule has 0 saturated heterocycles. The molecule has 0 aliphatic carbocycles. The first-order valence-electron chi connectivity index (χ1n) is 4.68. The van der Waals surface area contributed by atoms with E-state index >= 15 is 0 Å². The van der Waals surface area contributed by atoms with Gasteiger partial charge in [0.2, 0.25) is 0 Å². The molecule has 0 spiro atoms. The van der Waals surface area contributed by atoms with Gasteiger partial charge in [0.25, 0.3) is 0 Å². The number of aryl methyl sites for hydroxylation is 2. The molecule has 0 saturated carbocycles. The number of hydrogen-bond acceptors (Lipinski definition) is 1. The quantitative estimate of drug-likeness (QED) is 0.660. The van der Waals surface area contributed by atoms with E-state index in [-0.39, 0.29) is 0 Å². The van der Waals surface area contributed by atoms with Gasteiger partial charge in [0.1, 0.15) is 0 Å². The maximum atomic E-state index is 4.30. The summed E-state index contributed by atoms with van der Waals surface area (Å²) in [6.45, 7) is 4.18. The zero-order chi connectivity index (χ0) is 9.97. The summed E-state index contributed by atoms with van der Waals surface area (Å²) >= 11 is 0. The van der Waals surface area contributed by atoms with Crippen LogP contribution in [0.4, 0.5) is 0 Å². The van der Waals surface area contributed by atoms with Crippen LogP contribution >= 0.6 is 0 Å². The molecule has 0 unspecified atom stereocenters. The molecular weight excluding hydrogens is 170 g/mol. The van der Waals surface area contributed by atoms with Gasteiger partial charge in [-0.25, -0.2) is 0 Å². The van der Waals surface area contributed by atoms with Crippen LogP contribution in [0.5, 0.6) is 0 Å². The summed E-state index contributed by atoms with van der Waals surface area (Å²) in [6.07, 6.45) is 1.80.